The molecule has 0 heterocycles. The molecule has 0 aliphatic heterocycles. The van der Waals surface area contributed by atoms with Crippen LogP contribution < -0.4 is 0 Å². The van der Waals surface area contributed by atoms with Crippen molar-refractivity contribution in [3.05, 3.63) is 0 Å². The third-order valence-corrected chi connectivity index (χ3v) is 0.577. The molecule has 0 rings (SSSR count). The zero-order chi connectivity index (χ0) is 9.07. The molecule has 0 aromatic rings. The van der Waals surface area contributed by atoms with Gasteiger partial charge in [-0.25, -0.2) is 0 Å². The van der Waals surface area contributed by atoms with Crippen molar-refractivity contribution >= 4 is 11.6 Å². The maximum absolute atomic E-state index is 11.5. The van der Waals surface area contributed by atoms with Crippen LogP contribution in [-0.2, 0) is 4.84 Å². The van der Waals surface area contributed by atoms with Crippen molar-refractivity contribution in [1.82, 2.24) is 0 Å². The maximum Gasteiger partial charge on any atom is 0.470 e. The summed E-state index contributed by atoms with van der Waals surface area (Å²) >= 11 is 0. The van der Waals surface area contributed by atoms with Crippen molar-refractivity contribution in [3.8, 4) is 0 Å². The molecule has 11 heavy (non-hydrogen) atoms. The highest BCUT2D eigenvalue weighted by Crippen LogP contribution is 2.16. The summed E-state index contributed by atoms with van der Waals surface area (Å²) in [5, 5.41) is 9.24. The Balaban J connectivity index is 4.01. The third-order valence-electron chi connectivity index (χ3n) is 0.577. The number of nitrogens with zero attached hydrogens (tertiary/aromatic N) is 1. The largest absolute Gasteiger partial charge is 0.470 e. The maximum atomic E-state index is 11.5. The van der Waals surface area contributed by atoms with Gasteiger partial charge >= 0.3 is 12.1 Å². The first kappa shape index (κ1) is 9.93. The van der Waals surface area contributed by atoms with Crippen LogP contribution in [0.5, 0.6) is 0 Å². The first-order valence-electron chi connectivity index (χ1n) is 2.68. The van der Waals surface area contributed by atoms with Crippen molar-refractivity contribution in [2.24, 2.45) is 5.16 Å². The monoisotopic (exact) mass is 168 g/mol. The first-order valence-corrected chi connectivity index (χ1v) is 2.68. The molecule has 0 radical (unpaired) electrons. The molecule has 0 saturated heterocycles. The van der Waals surface area contributed by atoms with Gasteiger partial charge in [-0.05, 0) is 13.8 Å². The summed E-state index contributed by atoms with van der Waals surface area (Å²) in [4.78, 5) is 3.71. The number of nitrogens with one attached hydrogen (secondary N) is 1. The number of hydrogen-bond acceptors (Lipinski definition) is 3. The second-order valence-electron chi connectivity index (χ2n) is 1.96. The topological polar surface area (TPSA) is 45.4 Å². The number of rotatable bonds is 1. The van der Waals surface area contributed by atoms with Gasteiger partial charge < -0.3 is 4.84 Å². The van der Waals surface area contributed by atoms with E-state index in [1.54, 1.807) is 0 Å². The second kappa shape index (κ2) is 3.36. The number of alkyl halides is 3. The van der Waals surface area contributed by atoms with Crippen molar-refractivity contribution in [2.75, 3.05) is 0 Å². The average molecular weight is 168 g/mol. The molecule has 0 aromatic carbocycles. The van der Waals surface area contributed by atoms with Crippen LogP contribution >= 0.6 is 0 Å². The van der Waals surface area contributed by atoms with E-state index in [0.717, 1.165) is 0 Å². The minimum atomic E-state index is -4.75. The Kier molecular flexibility index (Phi) is 3.03. The van der Waals surface area contributed by atoms with Gasteiger partial charge in [0.05, 0.1) is 5.71 Å². The van der Waals surface area contributed by atoms with E-state index in [0.29, 0.717) is 5.71 Å². The summed E-state index contributed by atoms with van der Waals surface area (Å²) in [5.41, 5.74) is 0.319. The Morgan fingerprint density at radius 3 is 2.09 bits per heavy atom. The molecule has 6 heteroatoms. The van der Waals surface area contributed by atoms with Crippen LogP contribution in [0.4, 0.5) is 13.2 Å². The fourth-order valence-corrected chi connectivity index (χ4v) is 0.189. The van der Waals surface area contributed by atoms with Crippen LogP contribution in [0.3, 0.4) is 0 Å². The smallest absolute Gasteiger partial charge is 0.332 e. The molecule has 1 N–H and O–H groups in total. The molecule has 0 atom stereocenters. The highest BCUT2D eigenvalue weighted by molar-refractivity contribution is 5.82. The van der Waals surface area contributed by atoms with E-state index in [4.69, 9.17) is 5.41 Å². The van der Waals surface area contributed by atoms with Gasteiger partial charge in [0, 0.05) is 0 Å². The lowest BCUT2D eigenvalue weighted by molar-refractivity contribution is -0.0792. The molecule has 0 bridgehead atoms. The summed E-state index contributed by atoms with van der Waals surface area (Å²) in [6.07, 6.45) is -4.75. The van der Waals surface area contributed by atoms with Crippen molar-refractivity contribution < 1.29 is 18.0 Å². The van der Waals surface area contributed by atoms with Gasteiger partial charge in [-0.2, -0.15) is 13.2 Å². The van der Waals surface area contributed by atoms with Crippen LogP contribution in [0.1, 0.15) is 13.8 Å². The van der Waals surface area contributed by atoms with Crippen LogP contribution in [0.25, 0.3) is 0 Å². The van der Waals surface area contributed by atoms with Crippen LogP contribution in [0, 0.1) is 5.41 Å². The average Bonchev–Trinajstić information content (AvgIpc) is 1.80. The van der Waals surface area contributed by atoms with E-state index < -0.39 is 12.1 Å². The van der Waals surface area contributed by atoms with Crippen molar-refractivity contribution in [3.63, 3.8) is 0 Å². The molecule has 0 saturated carbocycles. The lowest BCUT2D eigenvalue weighted by Crippen LogP contribution is -2.23. The summed E-state index contributed by atoms with van der Waals surface area (Å²) in [5.74, 6) is -1.81. The summed E-state index contributed by atoms with van der Waals surface area (Å²) in [6, 6.07) is 0. The van der Waals surface area contributed by atoms with E-state index in [-0.39, 0.29) is 0 Å². The Morgan fingerprint density at radius 1 is 1.36 bits per heavy atom. The predicted molar refractivity (Wildman–Crippen MR) is 33.6 cm³/mol. The fourth-order valence-electron chi connectivity index (χ4n) is 0.189. The molecule has 0 fully saturated rings. The van der Waals surface area contributed by atoms with Crippen LogP contribution in [-0.4, -0.2) is 17.8 Å². The molecular weight excluding hydrogens is 161 g/mol. The highest BCUT2D eigenvalue weighted by atomic mass is 19.4. The summed E-state index contributed by atoms with van der Waals surface area (Å²) < 4.78 is 34.4. The minimum absolute atomic E-state index is 0.319. The Hall–Kier alpha value is -1.07. The van der Waals surface area contributed by atoms with Gasteiger partial charge in [0.1, 0.15) is 0 Å². The van der Waals surface area contributed by atoms with Gasteiger partial charge in [0.25, 0.3) is 0 Å². The lowest BCUT2D eigenvalue weighted by Gasteiger charge is -2.03. The zero-order valence-electron chi connectivity index (χ0n) is 5.99. The normalized spacial score (nSPS) is 10.6. The molecule has 3 nitrogen and oxygen atoms in total. The van der Waals surface area contributed by atoms with Gasteiger partial charge in [0.2, 0.25) is 0 Å². The summed E-state index contributed by atoms with van der Waals surface area (Å²) in [6.45, 7) is 2.92. The van der Waals surface area contributed by atoms with Gasteiger partial charge in [0.15, 0.2) is 0 Å². The molecule has 0 aliphatic carbocycles. The second-order valence-corrected chi connectivity index (χ2v) is 1.96. The van der Waals surface area contributed by atoms with E-state index in [1.807, 2.05) is 0 Å². The standard InChI is InChI=1S/C5H7F3N2O/c1-3(2)10-11-4(9)5(6,7)8/h9H,1-2H3. The van der Waals surface area contributed by atoms with Crippen molar-refractivity contribution in [1.29, 1.82) is 5.41 Å². The molecule has 0 aliphatic rings. The van der Waals surface area contributed by atoms with Gasteiger partial charge in [-0.1, -0.05) is 5.16 Å². The lowest BCUT2D eigenvalue weighted by atomic mass is 10.5. The molecule has 0 spiro atoms. The zero-order valence-corrected chi connectivity index (χ0v) is 5.99. The van der Waals surface area contributed by atoms with Crippen LogP contribution in [0.15, 0.2) is 5.16 Å². The quantitative estimate of drug-likeness (QED) is 0.363. The van der Waals surface area contributed by atoms with Crippen LogP contribution in [0.2, 0.25) is 0 Å². The fraction of sp³-hybridized carbons (Fsp3) is 0.600. The van der Waals surface area contributed by atoms with Gasteiger partial charge in [-0.15, -0.1) is 0 Å². The minimum Gasteiger partial charge on any atom is -0.332 e. The third kappa shape index (κ3) is 4.35. The predicted octanol–water partition coefficient (Wildman–Crippen LogP) is 1.94. The Labute approximate surface area is 61.3 Å². The van der Waals surface area contributed by atoms with E-state index in [1.165, 1.54) is 13.8 Å². The number of halogens is 3. The Bertz CT molecular complexity index is 181. The van der Waals surface area contributed by atoms with E-state index in [9.17, 15) is 13.2 Å². The SMILES string of the molecule is CC(C)=NOC(=N)C(F)(F)F. The summed E-state index contributed by atoms with van der Waals surface area (Å²) in [7, 11) is 0. The molecule has 0 amide bonds. The number of oxime groups is 1. The molecular formula is C5H7F3N2O. The molecule has 0 aromatic heterocycles. The van der Waals surface area contributed by atoms with Crippen molar-refractivity contribution in [2.45, 2.75) is 20.0 Å². The number of hydrogen-bond donors (Lipinski definition) is 1. The van der Waals surface area contributed by atoms with E-state index in [2.05, 4.69) is 9.99 Å². The molecule has 64 valence electrons. The molecule has 0 unspecified atom stereocenters. The van der Waals surface area contributed by atoms with Gasteiger partial charge in [-0.3, -0.25) is 5.41 Å². The van der Waals surface area contributed by atoms with E-state index >= 15 is 0 Å². The first-order chi connectivity index (χ1) is 4.84. The Morgan fingerprint density at radius 2 is 1.82 bits per heavy atom. The highest BCUT2D eigenvalue weighted by Gasteiger charge is 2.37.